The highest BCUT2D eigenvalue weighted by atomic mass is 16.5. The normalized spacial score (nSPS) is 19.2. The number of rotatable bonds is 10. The molecule has 0 bridgehead atoms. The van der Waals surface area contributed by atoms with E-state index in [1.807, 2.05) is 32.6 Å². The molecule has 3 aliphatic heterocycles. The lowest BCUT2D eigenvalue weighted by Crippen LogP contribution is -2.56. The Balaban J connectivity index is 1.09. The fourth-order valence-corrected chi connectivity index (χ4v) is 7.98. The number of amides is 5. The molecular formula is C41H53N7O7. The highest BCUT2D eigenvalue weighted by Crippen LogP contribution is 2.34. The molecule has 14 heteroatoms. The van der Waals surface area contributed by atoms with Gasteiger partial charge in [-0.3, -0.25) is 14.4 Å². The second-order valence-corrected chi connectivity index (χ2v) is 15.3. The minimum atomic E-state index is -0.769. The SMILES string of the molecule is COC(=O)N[C@H](C(=O)N1CCC[C@H]1C(=O)N1CCc2cc(-c3ccc(-c4cnc([C@@H]5CCCN5C(=O)[C@@H](NC(=O)OC)C(C)C)[nH]4)cc3)ccc2C1)C(C)C. The fraction of sp³-hybridized carbons (Fsp3) is 0.512. The summed E-state index contributed by atoms with van der Waals surface area (Å²) in [6.07, 6.45) is 4.16. The first-order valence-electron chi connectivity index (χ1n) is 19.3. The van der Waals surface area contributed by atoms with Crippen LogP contribution < -0.4 is 10.6 Å². The number of carbonyl (C=O) groups is 5. The average molecular weight is 756 g/mol. The maximum absolute atomic E-state index is 13.8. The summed E-state index contributed by atoms with van der Waals surface area (Å²) < 4.78 is 9.48. The molecule has 0 aliphatic carbocycles. The number of H-pyrrole nitrogens is 1. The highest BCUT2D eigenvalue weighted by Gasteiger charge is 2.41. The Labute approximate surface area is 322 Å². The van der Waals surface area contributed by atoms with E-state index in [0.717, 1.165) is 53.0 Å². The molecule has 0 spiro atoms. The van der Waals surface area contributed by atoms with Crippen molar-refractivity contribution >= 4 is 29.9 Å². The van der Waals surface area contributed by atoms with Gasteiger partial charge in [-0.1, -0.05) is 70.2 Å². The molecule has 4 heterocycles. The number of methoxy groups -OCH3 is 2. The molecule has 3 aromatic rings. The van der Waals surface area contributed by atoms with Gasteiger partial charge in [0.2, 0.25) is 17.7 Å². The molecule has 4 atom stereocenters. The lowest BCUT2D eigenvalue weighted by atomic mass is 9.93. The Morgan fingerprint density at radius 1 is 0.745 bits per heavy atom. The number of ether oxygens (including phenoxy) is 2. The molecule has 2 fully saturated rings. The summed E-state index contributed by atoms with van der Waals surface area (Å²) in [5.41, 5.74) is 6.26. The number of alkyl carbamates (subject to hydrolysis) is 2. The van der Waals surface area contributed by atoms with Crippen LogP contribution in [0.25, 0.3) is 22.4 Å². The first-order valence-corrected chi connectivity index (χ1v) is 19.3. The molecule has 3 aliphatic rings. The van der Waals surface area contributed by atoms with Crippen LogP contribution in [-0.4, -0.2) is 107 Å². The van der Waals surface area contributed by atoms with Crippen LogP contribution in [0.2, 0.25) is 0 Å². The van der Waals surface area contributed by atoms with Crippen LogP contribution in [0.3, 0.4) is 0 Å². The smallest absolute Gasteiger partial charge is 0.407 e. The topological polar surface area (TPSA) is 166 Å². The molecule has 14 nitrogen and oxygen atoms in total. The molecule has 0 saturated carbocycles. The van der Waals surface area contributed by atoms with Gasteiger partial charge in [-0.15, -0.1) is 0 Å². The van der Waals surface area contributed by atoms with Gasteiger partial charge in [0.15, 0.2) is 0 Å². The number of fused-ring (bicyclic) bond motifs is 1. The minimum absolute atomic E-state index is 0.0544. The summed E-state index contributed by atoms with van der Waals surface area (Å²) in [7, 11) is 2.55. The van der Waals surface area contributed by atoms with E-state index in [2.05, 4.69) is 63.1 Å². The van der Waals surface area contributed by atoms with Gasteiger partial charge in [0.1, 0.15) is 23.9 Å². The Morgan fingerprint density at radius 2 is 1.33 bits per heavy atom. The Hall–Kier alpha value is -5.40. The van der Waals surface area contributed by atoms with Crippen molar-refractivity contribution in [2.24, 2.45) is 11.8 Å². The third-order valence-corrected chi connectivity index (χ3v) is 11.1. The van der Waals surface area contributed by atoms with Crippen molar-refractivity contribution in [3.8, 4) is 22.4 Å². The van der Waals surface area contributed by atoms with Crippen LogP contribution in [0.1, 0.15) is 76.4 Å². The van der Waals surface area contributed by atoms with E-state index in [1.54, 1.807) is 16.0 Å². The summed E-state index contributed by atoms with van der Waals surface area (Å²) in [5.74, 6) is -0.00871. The number of hydrogen-bond acceptors (Lipinski definition) is 8. The van der Waals surface area contributed by atoms with Gasteiger partial charge < -0.3 is 39.8 Å². The van der Waals surface area contributed by atoms with E-state index in [9.17, 15) is 24.0 Å². The van der Waals surface area contributed by atoms with Crippen molar-refractivity contribution in [3.05, 3.63) is 65.6 Å². The lowest BCUT2D eigenvalue weighted by molar-refractivity contribution is -0.146. The Kier molecular flexibility index (Phi) is 12.1. The summed E-state index contributed by atoms with van der Waals surface area (Å²) in [4.78, 5) is 78.2. The van der Waals surface area contributed by atoms with Crippen LogP contribution in [-0.2, 0) is 36.8 Å². The molecule has 294 valence electrons. The average Bonchev–Trinajstić information content (AvgIpc) is 3.99. The van der Waals surface area contributed by atoms with E-state index in [4.69, 9.17) is 9.47 Å². The molecule has 2 saturated heterocycles. The van der Waals surface area contributed by atoms with Crippen molar-refractivity contribution in [1.29, 1.82) is 0 Å². The first-order chi connectivity index (χ1) is 26.4. The van der Waals surface area contributed by atoms with E-state index >= 15 is 0 Å². The van der Waals surface area contributed by atoms with Gasteiger partial charge in [-0.2, -0.15) is 0 Å². The van der Waals surface area contributed by atoms with E-state index in [-0.39, 0.29) is 35.6 Å². The maximum Gasteiger partial charge on any atom is 0.407 e. The number of aromatic amines is 1. The zero-order valence-electron chi connectivity index (χ0n) is 32.6. The standard InChI is InChI=1S/C41H53N7O7/c1-24(2)34(44-40(52)54-5)38(50)47-18-7-9-32(47)36-42-22-31(43-36)27-13-11-26(12-14-27)28-15-16-30-23-46(20-17-29(30)21-28)37(49)33-10-8-19-48(33)39(51)35(25(3)4)45-41(53)55-6/h11-16,21-22,24-25,32-35H,7-10,17-20,23H2,1-6H3,(H,42,43)(H,44,52)(H,45,53)/t32-,33-,34-,35-/m0/s1. The number of nitrogens with one attached hydrogen (secondary N) is 3. The quantitative estimate of drug-likeness (QED) is 0.259. The number of hydrogen-bond donors (Lipinski definition) is 3. The molecule has 5 amide bonds. The minimum Gasteiger partial charge on any atom is -0.453 e. The van der Waals surface area contributed by atoms with E-state index in [0.29, 0.717) is 39.0 Å². The van der Waals surface area contributed by atoms with Crippen LogP contribution >= 0.6 is 0 Å². The second-order valence-electron chi connectivity index (χ2n) is 15.3. The van der Waals surface area contributed by atoms with Gasteiger partial charge in [-0.25, -0.2) is 14.6 Å². The van der Waals surface area contributed by atoms with Crippen molar-refractivity contribution in [1.82, 2.24) is 35.3 Å². The lowest BCUT2D eigenvalue weighted by Gasteiger charge is -2.35. The third kappa shape index (κ3) is 8.47. The number of imidazole rings is 1. The first kappa shape index (κ1) is 39.3. The highest BCUT2D eigenvalue weighted by molar-refractivity contribution is 5.92. The molecule has 6 rings (SSSR count). The third-order valence-electron chi connectivity index (χ3n) is 11.1. The fourth-order valence-electron chi connectivity index (χ4n) is 7.98. The summed E-state index contributed by atoms with van der Waals surface area (Å²) in [6, 6.07) is 12.4. The van der Waals surface area contributed by atoms with Crippen LogP contribution in [0.15, 0.2) is 48.7 Å². The monoisotopic (exact) mass is 755 g/mol. The molecule has 2 aromatic carbocycles. The largest absolute Gasteiger partial charge is 0.453 e. The summed E-state index contributed by atoms with van der Waals surface area (Å²) in [6.45, 7) is 9.62. The Bertz CT molecular complexity index is 1890. The summed E-state index contributed by atoms with van der Waals surface area (Å²) in [5, 5.41) is 5.34. The molecule has 0 radical (unpaired) electrons. The van der Waals surface area contributed by atoms with Crippen molar-refractivity contribution in [2.45, 2.75) is 90.5 Å². The van der Waals surface area contributed by atoms with E-state index in [1.165, 1.54) is 19.8 Å². The van der Waals surface area contributed by atoms with Crippen LogP contribution in [0.4, 0.5) is 9.59 Å². The van der Waals surface area contributed by atoms with Gasteiger partial charge in [0, 0.05) is 26.2 Å². The zero-order chi connectivity index (χ0) is 39.4. The predicted molar refractivity (Wildman–Crippen MR) is 205 cm³/mol. The Morgan fingerprint density at radius 3 is 1.96 bits per heavy atom. The molecule has 3 N–H and O–H groups in total. The number of likely N-dealkylation sites (tertiary alicyclic amines) is 2. The van der Waals surface area contributed by atoms with Crippen molar-refractivity contribution in [3.63, 3.8) is 0 Å². The number of aromatic nitrogens is 2. The number of nitrogens with zero attached hydrogens (tertiary/aromatic N) is 4. The number of carbonyl (C=O) groups excluding carboxylic acids is 5. The molecule has 55 heavy (non-hydrogen) atoms. The van der Waals surface area contributed by atoms with Gasteiger partial charge in [-0.05, 0) is 71.8 Å². The van der Waals surface area contributed by atoms with Crippen molar-refractivity contribution < 1.29 is 33.4 Å². The van der Waals surface area contributed by atoms with Gasteiger partial charge in [0.05, 0.1) is 32.2 Å². The summed E-state index contributed by atoms with van der Waals surface area (Å²) >= 11 is 0. The predicted octanol–water partition coefficient (Wildman–Crippen LogP) is 5.04. The molecular weight excluding hydrogens is 702 g/mol. The van der Waals surface area contributed by atoms with Crippen LogP contribution in [0, 0.1) is 11.8 Å². The van der Waals surface area contributed by atoms with Gasteiger partial charge >= 0.3 is 12.2 Å². The second kappa shape index (κ2) is 17.0. The maximum atomic E-state index is 13.8. The van der Waals surface area contributed by atoms with Crippen molar-refractivity contribution in [2.75, 3.05) is 33.9 Å². The van der Waals surface area contributed by atoms with Gasteiger partial charge in [0.25, 0.3) is 0 Å². The molecule has 0 unspecified atom stereocenters. The zero-order valence-corrected chi connectivity index (χ0v) is 32.6. The van der Waals surface area contributed by atoms with E-state index < -0.39 is 30.3 Å². The molecule has 1 aromatic heterocycles. The van der Waals surface area contributed by atoms with Crippen LogP contribution in [0.5, 0.6) is 0 Å². The number of benzene rings is 2.